The number of hydrogen-bond donors (Lipinski definition) is 1. The van der Waals surface area contributed by atoms with Crippen molar-refractivity contribution in [2.75, 3.05) is 12.4 Å². The number of para-hydroxylation sites is 1. The quantitative estimate of drug-likeness (QED) is 0.755. The van der Waals surface area contributed by atoms with E-state index >= 15 is 0 Å². The third-order valence-electron chi connectivity index (χ3n) is 3.59. The van der Waals surface area contributed by atoms with E-state index in [1.54, 1.807) is 7.11 Å². The molecule has 0 radical (unpaired) electrons. The Labute approximate surface area is 141 Å². The predicted molar refractivity (Wildman–Crippen MR) is 93.1 cm³/mol. The summed E-state index contributed by atoms with van der Waals surface area (Å²) < 4.78 is 7.01. The molecule has 6 nitrogen and oxygen atoms in total. The molecule has 2 aromatic heterocycles. The van der Waals surface area contributed by atoms with Gasteiger partial charge < -0.3 is 10.1 Å². The number of benzene rings is 1. The minimum Gasteiger partial charge on any atom is -0.377 e. The van der Waals surface area contributed by atoms with Gasteiger partial charge in [0.05, 0.1) is 11.4 Å². The Morgan fingerprint density at radius 3 is 2.67 bits per heavy atom. The monoisotopic (exact) mass is 323 g/mol. The zero-order valence-corrected chi connectivity index (χ0v) is 14.2. The van der Waals surface area contributed by atoms with Crippen LogP contribution in [0.5, 0.6) is 0 Å². The van der Waals surface area contributed by atoms with Crippen LogP contribution >= 0.6 is 0 Å². The molecule has 0 amide bonds. The summed E-state index contributed by atoms with van der Waals surface area (Å²) in [6, 6.07) is 12.1. The molecular weight excluding hydrogens is 302 g/mol. The van der Waals surface area contributed by atoms with E-state index < -0.39 is 0 Å². The second-order valence-electron chi connectivity index (χ2n) is 5.63. The number of nitrogens with one attached hydrogen (secondary N) is 1. The Bertz CT molecular complexity index is 828. The summed E-state index contributed by atoms with van der Waals surface area (Å²) >= 11 is 0. The van der Waals surface area contributed by atoms with Crippen molar-refractivity contribution >= 4 is 5.82 Å². The molecule has 0 aliphatic carbocycles. The molecule has 0 unspecified atom stereocenters. The van der Waals surface area contributed by atoms with Crippen LogP contribution in [-0.2, 0) is 17.9 Å². The molecule has 0 aliphatic heterocycles. The van der Waals surface area contributed by atoms with Gasteiger partial charge in [0.25, 0.3) is 0 Å². The van der Waals surface area contributed by atoms with E-state index in [9.17, 15) is 0 Å². The Morgan fingerprint density at radius 2 is 1.92 bits per heavy atom. The molecule has 0 saturated heterocycles. The molecule has 1 aromatic carbocycles. The van der Waals surface area contributed by atoms with E-state index in [0.717, 1.165) is 28.5 Å². The lowest BCUT2D eigenvalue weighted by atomic mass is 10.2. The average molecular weight is 323 g/mol. The highest BCUT2D eigenvalue weighted by Crippen LogP contribution is 2.16. The van der Waals surface area contributed by atoms with E-state index in [2.05, 4.69) is 32.5 Å². The fourth-order valence-corrected chi connectivity index (χ4v) is 2.53. The molecule has 1 N–H and O–H groups in total. The van der Waals surface area contributed by atoms with Gasteiger partial charge in [0.15, 0.2) is 5.82 Å². The molecular formula is C18H21N5O. The van der Waals surface area contributed by atoms with Crippen LogP contribution in [-0.4, -0.2) is 26.9 Å². The second kappa shape index (κ2) is 7.23. The van der Waals surface area contributed by atoms with Crippen molar-refractivity contribution in [2.45, 2.75) is 27.0 Å². The summed E-state index contributed by atoms with van der Waals surface area (Å²) in [4.78, 5) is 8.83. The Morgan fingerprint density at radius 1 is 1.08 bits per heavy atom. The number of methoxy groups -OCH3 is 1. The average Bonchev–Trinajstić information content (AvgIpc) is 2.99. The molecule has 24 heavy (non-hydrogen) atoms. The molecule has 0 saturated carbocycles. The molecule has 124 valence electrons. The van der Waals surface area contributed by atoms with Crippen molar-refractivity contribution in [3.63, 3.8) is 0 Å². The maximum atomic E-state index is 5.12. The molecule has 6 heteroatoms. The zero-order chi connectivity index (χ0) is 16.9. The first-order valence-corrected chi connectivity index (χ1v) is 7.83. The van der Waals surface area contributed by atoms with Crippen molar-refractivity contribution in [3.05, 3.63) is 65.4 Å². The normalized spacial score (nSPS) is 10.8. The molecule has 0 bridgehead atoms. The summed E-state index contributed by atoms with van der Waals surface area (Å²) in [5, 5.41) is 7.87. The van der Waals surface area contributed by atoms with E-state index in [-0.39, 0.29) is 0 Å². The summed E-state index contributed by atoms with van der Waals surface area (Å²) in [6.45, 7) is 4.99. The van der Waals surface area contributed by atoms with Gasteiger partial charge in [0.2, 0.25) is 0 Å². The number of hydrogen-bond acceptors (Lipinski definition) is 5. The van der Waals surface area contributed by atoms with Crippen LogP contribution in [0.25, 0.3) is 5.69 Å². The molecule has 2 heterocycles. The largest absolute Gasteiger partial charge is 0.377 e. The maximum absolute atomic E-state index is 5.12. The minimum absolute atomic E-state index is 0.402. The molecule has 0 spiro atoms. The highest BCUT2D eigenvalue weighted by molar-refractivity contribution is 5.44. The van der Waals surface area contributed by atoms with Crippen molar-refractivity contribution in [2.24, 2.45) is 0 Å². The van der Waals surface area contributed by atoms with Gasteiger partial charge in [0, 0.05) is 31.6 Å². The van der Waals surface area contributed by atoms with Crippen LogP contribution in [0.15, 0.2) is 42.6 Å². The number of rotatable bonds is 6. The van der Waals surface area contributed by atoms with Crippen LogP contribution in [0.1, 0.15) is 22.8 Å². The summed E-state index contributed by atoms with van der Waals surface area (Å²) in [7, 11) is 1.64. The van der Waals surface area contributed by atoms with Crippen LogP contribution in [0.4, 0.5) is 5.82 Å². The number of anilines is 1. The first-order valence-electron chi connectivity index (χ1n) is 7.83. The second-order valence-corrected chi connectivity index (χ2v) is 5.63. The Balaban J connectivity index is 1.80. The van der Waals surface area contributed by atoms with Gasteiger partial charge in [-0.15, -0.1) is 0 Å². The van der Waals surface area contributed by atoms with E-state index in [1.807, 2.05) is 49.0 Å². The smallest absolute Gasteiger partial charge is 0.156 e. The molecule has 3 aromatic rings. The van der Waals surface area contributed by atoms with Crippen LogP contribution in [0.2, 0.25) is 0 Å². The predicted octanol–water partition coefficient (Wildman–Crippen LogP) is 3.04. The third-order valence-corrected chi connectivity index (χ3v) is 3.59. The van der Waals surface area contributed by atoms with Crippen LogP contribution in [0, 0.1) is 13.8 Å². The van der Waals surface area contributed by atoms with E-state index in [0.29, 0.717) is 19.0 Å². The third kappa shape index (κ3) is 3.78. The molecule has 0 fully saturated rings. The fraction of sp³-hybridized carbons (Fsp3) is 0.278. The van der Waals surface area contributed by atoms with E-state index in [1.165, 1.54) is 0 Å². The highest BCUT2D eigenvalue weighted by atomic mass is 16.5. The van der Waals surface area contributed by atoms with Crippen molar-refractivity contribution in [3.8, 4) is 5.69 Å². The van der Waals surface area contributed by atoms with Gasteiger partial charge in [0.1, 0.15) is 12.4 Å². The lowest BCUT2D eigenvalue weighted by Crippen LogP contribution is -2.08. The summed E-state index contributed by atoms with van der Waals surface area (Å²) in [6.07, 6.45) is 1.97. The Kier molecular flexibility index (Phi) is 4.86. The number of nitrogens with zero attached hydrogens (tertiary/aromatic N) is 4. The lowest BCUT2D eigenvalue weighted by molar-refractivity contribution is 0.177. The van der Waals surface area contributed by atoms with E-state index in [4.69, 9.17) is 4.74 Å². The fourth-order valence-electron chi connectivity index (χ4n) is 2.53. The van der Waals surface area contributed by atoms with Crippen molar-refractivity contribution in [1.82, 2.24) is 19.7 Å². The van der Waals surface area contributed by atoms with Gasteiger partial charge >= 0.3 is 0 Å². The number of ether oxygens (including phenoxy) is 1. The lowest BCUT2D eigenvalue weighted by Gasteiger charge is -2.12. The minimum atomic E-state index is 0.402. The summed E-state index contributed by atoms with van der Waals surface area (Å²) in [5.41, 5.74) is 4.11. The Hall–Kier alpha value is -2.73. The molecule has 3 rings (SSSR count). The van der Waals surface area contributed by atoms with Crippen LogP contribution in [0.3, 0.4) is 0 Å². The standard InChI is InChI=1S/C18H21N5O/c1-13-8-9-23(22-13)16-7-5-4-6-15(16)11-19-17-10-14(2)20-18(21-17)12-24-3/h4-10H,11-12H2,1-3H3,(H,19,20,21). The van der Waals surface area contributed by atoms with Gasteiger partial charge in [-0.05, 0) is 31.5 Å². The van der Waals surface area contributed by atoms with Crippen molar-refractivity contribution in [1.29, 1.82) is 0 Å². The van der Waals surface area contributed by atoms with Gasteiger partial charge in [-0.25, -0.2) is 14.6 Å². The molecule has 0 aliphatic rings. The summed E-state index contributed by atoms with van der Waals surface area (Å²) in [5.74, 6) is 1.47. The molecule has 0 atom stereocenters. The van der Waals surface area contributed by atoms with Crippen LogP contribution < -0.4 is 5.32 Å². The topological polar surface area (TPSA) is 64.9 Å². The first kappa shape index (κ1) is 16.1. The maximum Gasteiger partial charge on any atom is 0.156 e. The number of aryl methyl sites for hydroxylation is 2. The zero-order valence-electron chi connectivity index (χ0n) is 14.2. The van der Waals surface area contributed by atoms with Gasteiger partial charge in [-0.3, -0.25) is 0 Å². The highest BCUT2D eigenvalue weighted by Gasteiger charge is 2.07. The first-order chi connectivity index (χ1) is 11.7. The van der Waals surface area contributed by atoms with Gasteiger partial charge in [-0.1, -0.05) is 18.2 Å². The SMILES string of the molecule is COCc1nc(C)cc(NCc2ccccc2-n2ccc(C)n2)n1. The van der Waals surface area contributed by atoms with Gasteiger partial charge in [-0.2, -0.15) is 5.10 Å². The number of aromatic nitrogens is 4. The van der Waals surface area contributed by atoms with Crippen molar-refractivity contribution < 1.29 is 4.74 Å².